The van der Waals surface area contributed by atoms with Gasteiger partial charge in [0.15, 0.2) is 17.3 Å². The van der Waals surface area contributed by atoms with E-state index in [0.29, 0.717) is 25.1 Å². The SMILES string of the molecule is CCC1CCC(=O)CC(=O)C=Cc2cc(OC)c(O)cc2C2C=CC1SSC(Cn1ccnc1)C1=CC2=CNC1N. The second-order valence-corrected chi connectivity index (χ2v) is 13.2. The number of allylic oxidation sites excluding steroid dienone is 4. The lowest BCUT2D eigenvalue weighted by atomic mass is 9.83. The van der Waals surface area contributed by atoms with Gasteiger partial charge in [0.05, 0.1) is 31.3 Å². The lowest BCUT2D eigenvalue weighted by Crippen LogP contribution is -2.42. The minimum Gasteiger partial charge on any atom is -0.504 e. The zero-order valence-electron chi connectivity index (χ0n) is 23.2. The Bertz CT molecular complexity index is 1400. The first kappa shape index (κ1) is 29.3. The fourth-order valence-corrected chi connectivity index (χ4v) is 8.95. The number of nitrogens with zero attached hydrogens (tertiary/aromatic N) is 2. The number of ketones is 2. The van der Waals surface area contributed by atoms with Crippen LogP contribution in [-0.2, 0) is 16.1 Å². The number of ether oxygens (including phenoxy) is 1. The van der Waals surface area contributed by atoms with E-state index in [1.165, 1.54) is 13.2 Å². The Hall–Kier alpha value is -3.21. The molecule has 0 fully saturated rings. The fraction of sp³-hybridized carbons (Fsp3) is 0.387. The maximum Gasteiger partial charge on any atom is 0.163 e. The average Bonchev–Trinajstić information content (AvgIpc) is 3.47. The monoisotopic (exact) mass is 592 g/mol. The van der Waals surface area contributed by atoms with Crippen LogP contribution in [0.3, 0.4) is 0 Å². The van der Waals surface area contributed by atoms with Crippen molar-refractivity contribution in [2.75, 3.05) is 7.11 Å². The van der Waals surface area contributed by atoms with Crippen LogP contribution in [0.25, 0.3) is 6.08 Å². The molecule has 0 spiro atoms. The Morgan fingerprint density at radius 2 is 2.07 bits per heavy atom. The summed E-state index contributed by atoms with van der Waals surface area (Å²) in [5.74, 6) is 0.0585. The molecule has 0 saturated carbocycles. The van der Waals surface area contributed by atoms with E-state index in [4.69, 9.17) is 10.5 Å². The lowest BCUT2D eigenvalue weighted by molar-refractivity contribution is -0.124. The van der Waals surface area contributed by atoms with E-state index in [9.17, 15) is 14.7 Å². The zero-order chi connectivity index (χ0) is 28.9. The van der Waals surface area contributed by atoms with Crippen molar-refractivity contribution >= 4 is 39.2 Å². The van der Waals surface area contributed by atoms with E-state index in [-0.39, 0.29) is 52.2 Å². The van der Waals surface area contributed by atoms with Gasteiger partial charge in [-0.05, 0) is 52.8 Å². The van der Waals surface area contributed by atoms with Gasteiger partial charge in [0.2, 0.25) is 0 Å². The van der Waals surface area contributed by atoms with Gasteiger partial charge in [0.25, 0.3) is 0 Å². The number of benzene rings is 1. The first-order chi connectivity index (χ1) is 19.9. The highest BCUT2D eigenvalue weighted by molar-refractivity contribution is 8.77. The highest BCUT2D eigenvalue weighted by atomic mass is 33.1. The number of carbonyl (C=O) groups is 2. The third kappa shape index (κ3) is 6.82. The van der Waals surface area contributed by atoms with Crippen molar-refractivity contribution in [3.8, 4) is 11.5 Å². The predicted octanol–water partition coefficient (Wildman–Crippen LogP) is 5.13. The van der Waals surface area contributed by atoms with Crippen LogP contribution in [0.1, 0.15) is 49.7 Å². The van der Waals surface area contributed by atoms with Crippen LogP contribution in [0, 0.1) is 5.92 Å². The molecule has 5 atom stereocenters. The van der Waals surface area contributed by atoms with Crippen LogP contribution in [-0.4, -0.2) is 50.0 Å². The van der Waals surface area contributed by atoms with Gasteiger partial charge in [-0.3, -0.25) is 9.59 Å². The summed E-state index contributed by atoms with van der Waals surface area (Å²) in [6.07, 6.45) is 18.8. The third-order valence-corrected chi connectivity index (χ3v) is 11.1. The normalized spacial score (nSPS) is 26.9. The van der Waals surface area contributed by atoms with Crippen molar-refractivity contribution in [2.45, 2.75) is 61.7 Å². The number of imidazole rings is 1. The molecule has 1 aliphatic carbocycles. The Labute approximate surface area is 248 Å². The van der Waals surface area contributed by atoms with E-state index in [1.54, 1.807) is 35.2 Å². The summed E-state index contributed by atoms with van der Waals surface area (Å²) in [6, 6.07) is 3.45. The van der Waals surface area contributed by atoms with Gasteiger partial charge in [-0.25, -0.2) is 4.98 Å². The predicted molar refractivity (Wildman–Crippen MR) is 165 cm³/mol. The number of phenolic OH excluding ortho intramolecular Hbond substituents is 1. The Morgan fingerprint density at radius 3 is 2.83 bits per heavy atom. The molecule has 4 bridgehead atoms. The van der Waals surface area contributed by atoms with Crippen molar-refractivity contribution in [2.24, 2.45) is 11.7 Å². The van der Waals surface area contributed by atoms with Gasteiger partial charge in [0.1, 0.15) is 5.78 Å². The van der Waals surface area contributed by atoms with Gasteiger partial charge in [-0.2, -0.15) is 0 Å². The zero-order valence-corrected chi connectivity index (χ0v) is 24.9. The number of rotatable bonds is 4. The molecule has 5 rings (SSSR count). The standard InChI is InChI=1S/C31H36N4O4S2/c1-3-19-4-6-22(36)14-23(37)7-5-20-13-28(39-2)27(38)15-25(20)24-8-9-29(19)40-41-30(17-35-11-10-33-18-35)26-12-21(24)16-34-31(26)32/h5,7-13,15-16,18-19,24,29-31,34,38H,3-4,6,14,17,32H2,1-2H3. The second kappa shape index (κ2) is 13.2. The molecule has 0 amide bonds. The van der Waals surface area contributed by atoms with Gasteiger partial charge in [0, 0.05) is 42.7 Å². The Morgan fingerprint density at radius 1 is 1.22 bits per heavy atom. The number of Topliss-reactive ketones (excluding diaryl/α,β-unsaturated/α-hetero) is 1. The van der Waals surface area contributed by atoms with Crippen molar-refractivity contribution in [3.05, 3.63) is 83.6 Å². The number of dihydropyridines is 1. The highest BCUT2D eigenvalue weighted by Crippen LogP contribution is 2.45. The summed E-state index contributed by atoms with van der Waals surface area (Å²) in [6.45, 7) is 2.87. The number of hydrogen-bond donors (Lipinski definition) is 3. The van der Waals surface area contributed by atoms with Crippen LogP contribution < -0.4 is 15.8 Å². The summed E-state index contributed by atoms with van der Waals surface area (Å²) in [5, 5.41) is 14.4. The summed E-state index contributed by atoms with van der Waals surface area (Å²) >= 11 is 0. The number of phenols is 1. The number of nitrogens with two attached hydrogens (primary N) is 1. The number of aromatic hydroxyl groups is 1. The van der Waals surface area contributed by atoms with Crippen molar-refractivity contribution < 1.29 is 19.4 Å². The highest BCUT2D eigenvalue weighted by Gasteiger charge is 2.31. The topological polar surface area (TPSA) is 119 Å². The molecule has 1 aromatic heterocycles. The third-order valence-electron chi connectivity index (χ3n) is 7.89. The van der Waals surface area contributed by atoms with Gasteiger partial charge >= 0.3 is 0 Å². The molecule has 3 aliphatic rings. The molecule has 1 aromatic carbocycles. The molecular weight excluding hydrogens is 556 g/mol. The van der Waals surface area contributed by atoms with Crippen molar-refractivity contribution in [1.82, 2.24) is 14.9 Å². The summed E-state index contributed by atoms with van der Waals surface area (Å²) in [5.41, 5.74) is 10.3. The molecule has 216 valence electrons. The van der Waals surface area contributed by atoms with Crippen molar-refractivity contribution in [1.29, 1.82) is 0 Å². The quantitative estimate of drug-likeness (QED) is 0.252. The fourth-order valence-electron chi connectivity index (χ4n) is 5.52. The smallest absolute Gasteiger partial charge is 0.163 e. The van der Waals surface area contributed by atoms with E-state index in [1.807, 2.05) is 29.5 Å². The van der Waals surface area contributed by atoms with Crippen LogP contribution in [0.15, 0.2) is 72.5 Å². The van der Waals surface area contributed by atoms with E-state index >= 15 is 0 Å². The Balaban J connectivity index is 1.68. The number of hydrogen-bond acceptors (Lipinski definition) is 9. The van der Waals surface area contributed by atoms with Crippen LogP contribution in [0.4, 0.5) is 0 Å². The van der Waals surface area contributed by atoms with E-state index in [0.717, 1.165) is 28.7 Å². The first-order valence-corrected chi connectivity index (χ1v) is 16.2. The number of nitrogens with one attached hydrogen (secondary N) is 1. The summed E-state index contributed by atoms with van der Waals surface area (Å²) < 4.78 is 7.47. The minimum absolute atomic E-state index is 0.0175. The second-order valence-electron chi connectivity index (χ2n) is 10.6. The summed E-state index contributed by atoms with van der Waals surface area (Å²) in [4.78, 5) is 29.7. The molecule has 3 heterocycles. The molecule has 0 saturated heterocycles. The number of methoxy groups -OCH3 is 1. The maximum atomic E-state index is 12.8. The Kier molecular flexibility index (Phi) is 9.42. The number of fused-ring (bicyclic) bond motifs is 6. The first-order valence-electron chi connectivity index (χ1n) is 13.9. The maximum absolute atomic E-state index is 12.8. The minimum atomic E-state index is -0.352. The number of aromatic nitrogens is 2. The van der Waals surface area contributed by atoms with Gasteiger partial charge < -0.3 is 25.5 Å². The molecule has 2 aromatic rings. The van der Waals surface area contributed by atoms with Crippen LogP contribution in [0.2, 0.25) is 0 Å². The van der Waals surface area contributed by atoms with Crippen molar-refractivity contribution in [3.63, 3.8) is 0 Å². The van der Waals surface area contributed by atoms with Gasteiger partial charge in [-0.15, -0.1) is 0 Å². The molecule has 8 nitrogen and oxygen atoms in total. The molecule has 4 N–H and O–H groups in total. The molecule has 2 aliphatic heterocycles. The van der Waals surface area contributed by atoms with Gasteiger partial charge in [-0.1, -0.05) is 59.2 Å². The van der Waals surface area contributed by atoms with E-state index < -0.39 is 0 Å². The van der Waals surface area contributed by atoms with Crippen LogP contribution in [0.5, 0.6) is 11.5 Å². The average molecular weight is 593 g/mol. The molecule has 10 heteroatoms. The van der Waals surface area contributed by atoms with Crippen LogP contribution >= 0.6 is 21.6 Å². The molecule has 41 heavy (non-hydrogen) atoms. The number of carbonyl (C=O) groups excluding carboxylic acids is 2. The van der Waals surface area contributed by atoms with E-state index in [2.05, 4.69) is 40.0 Å². The molecule has 0 radical (unpaired) electrons. The largest absolute Gasteiger partial charge is 0.504 e. The summed E-state index contributed by atoms with van der Waals surface area (Å²) in [7, 11) is 5.11. The molecule has 5 unspecified atom stereocenters. The lowest BCUT2D eigenvalue weighted by Gasteiger charge is -2.33. The molecular formula is C31H36N4O4S2.